The SMILES string of the molecule is C=CCN(CC=C)S(=O)(=O)c1ccc(C(=O)Nc2nnc(-c3cccs3)o2)cc1. The zero-order chi connectivity index (χ0) is 20.9. The predicted molar refractivity (Wildman–Crippen MR) is 111 cm³/mol. The lowest BCUT2D eigenvalue weighted by atomic mass is 10.2. The first-order valence-electron chi connectivity index (χ1n) is 8.46. The van der Waals surface area contributed by atoms with Crippen LogP contribution < -0.4 is 5.32 Å². The molecule has 29 heavy (non-hydrogen) atoms. The molecule has 0 aliphatic heterocycles. The van der Waals surface area contributed by atoms with Crippen molar-refractivity contribution in [3.63, 3.8) is 0 Å². The summed E-state index contributed by atoms with van der Waals surface area (Å²) in [6.45, 7) is 7.45. The number of nitrogens with zero attached hydrogens (tertiary/aromatic N) is 3. The van der Waals surface area contributed by atoms with Gasteiger partial charge in [0.15, 0.2) is 0 Å². The number of amides is 1. The maximum atomic E-state index is 12.7. The van der Waals surface area contributed by atoms with Crippen LogP contribution in [0.3, 0.4) is 0 Å². The summed E-state index contributed by atoms with van der Waals surface area (Å²) in [5, 5.41) is 12.1. The number of sulfonamides is 1. The molecule has 1 amide bonds. The second-order valence-corrected chi connectivity index (χ2v) is 8.65. The van der Waals surface area contributed by atoms with E-state index in [-0.39, 0.29) is 29.6 Å². The molecule has 0 radical (unpaired) electrons. The van der Waals surface area contributed by atoms with Gasteiger partial charge in [-0.3, -0.25) is 10.1 Å². The molecule has 3 aromatic rings. The number of hydrogen-bond acceptors (Lipinski definition) is 7. The summed E-state index contributed by atoms with van der Waals surface area (Å²) >= 11 is 1.44. The van der Waals surface area contributed by atoms with Crippen molar-refractivity contribution >= 4 is 33.3 Å². The molecule has 3 rings (SSSR count). The lowest BCUT2D eigenvalue weighted by molar-refractivity contribution is 0.102. The summed E-state index contributed by atoms with van der Waals surface area (Å²) in [6.07, 6.45) is 3.00. The van der Waals surface area contributed by atoms with Crippen molar-refractivity contribution in [2.45, 2.75) is 4.90 Å². The largest absolute Gasteiger partial charge is 0.402 e. The minimum absolute atomic E-state index is 0.0433. The molecule has 0 fully saturated rings. The average molecular weight is 431 g/mol. The summed E-state index contributed by atoms with van der Waals surface area (Å²) < 4.78 is 32.0. The number of nitrogens with one attached hydrogen (secondary N) is 1. The first-order valence-corrected chi connectivity index (χ1v) is 10.8. The number of hydrogen-bond donors (Lipinski definition) is 1. The molecule has 2 aromatic heterocycles. The molecule has 10 heteroatoms. The highest BCUT2D eigenvalue weighted by molar-refractivity contribution is 7.89. The maximum absolute atomic E-state index is 12.7. The van der Waals surface area contributed by atoms with Gasteiger partial charge in [-0.25, -0.2) is 8.42 Å². The molecular formula is C19H18N4O4S2. The van der Waals surface area contributed by atoms with E-state index < -0.39 is 15.9 Å². The van der Waals surface area contributed by atoms with Gasteiger partial charge in [-0.05, 0) is 35.7 Å². The van der Waals surface area contributed by atoms with E-state index in [9.17, 15) is 13.2 Å². The molecule has 0 unspecified atom stereocenters. The average Bonchev–Trinajstić information content (AvgIpc) is 3.39. The number of aromatic nitrogens is 2. The van der Waals surface area contributed by atoms with E-state index in [1.165, 1.54) is 52.1 Å². The molecule has 2 heterocycles. The van der Waals surface area contributed by atoms with Crippen LogP contribution in [-0.4, -0.2) is 41.9 Å². The minimum atomic E-state index is -3.73. The maximum Gasteiger partial charge on any atom is 0.322 e. The van der Waals surface area contributed by atoms with Crippen molar-refractivity contribution in [2.24, 2.45) is 0 Å². The standard InChI is InChI=1S/C19H18N4O4S2/c1-3-11-23(12-4-2)29(25,26)15-9-7-14(8-10-15)17(24)20-19-22-21-18(27-19)16-6-5-13-28-16/h3-10,13H,1-2,11-12H2,(H,20,22,24). The van der Waals surface area contributed by atoms with Crippen LogP contribution in [0.25, 0.3) is 10.8 Å². The van der Waals surface area contributed by atoms with Gasteiger partial charge >= 0.3 is 6.01 Å². The highest BCUT2D eigenvalue weighted by atomic mass is 32.2. The third kappa shape index (κ3) is 4.67. The highest BCUT2D eigenvalue weighted by Gasteiger charge is 2.23. The third-order valence-corrected chi connectivity index (χ3v) is 6.50. The van der Waals surface area contributed by atoms with Crippen molar-refractivity contribution in [3.05, 3.63) is 72.7 Å². The fraction of sp³-hybridized carbons (Fsp3) is 0.105. The van der Waals surface area contributed by atoms with Crippen LogP contribution in [0.2, 0.25) is 0 Å². The van der Waals surface area contributed by atoms with Gasteiger partial charge in [0.1, 0.15) is 0 Å². The van der Waals surface area contributed by atoms with Crippen LogP contribution in [0.5, 0.6) is 0 Å². The van der Waals surface area contributed by atoms with Crippen LogP contribution >= 0.6 is 11.3 Å². The highest BCUT2D eigenvalue weighted by Crippen LogP contribution is 2.24. The van der Waals surface area contributed by atoms with E-state index in [0.29, 0.717) is 5.89 Å². The number of benzene rings is 1. The van der Waals surface area contributed by atoms with Crippen molar-refractivity contribution in [2.75, 3.05) is 18.4 Å². The number of anilines is 1. The Morgan fingerprint density at radius 3 is 2.41 bits per heavy atom. The van der Waals surface area contributed by atoms with E-state index in [2.05, 4.69) is 28.7 Å². The number of thiophene rings is 1. The van der Waals surface area contributed by atoms with Crippen LogP contribution in [0.4, 0.5) is 6.01 Å². The summed E-state index contributed by atoms with van der Waals surface area (Å²) in [6, 6.07) is 9.20. The molecular weight excluding hydrogens is 412 g/mol. The van der Waals surface area contributed by atoms with Gasteiger partial charge < -0.3 is 4.42 Å². The molecule has 0 saturated heterocycles. The van der Waals surface area contributed by atoms with E-state index in [1.54, 1.807) is 0 Å². The fourth-order valence-corrected chi connectivity index (χ4v) is 4.45. The Morgan fingerprint density at radius 1 is 1.14 bits per heavy atom. The molecule has 1 N–H and O–H groups in total. The zero-order valence-corrected chi connectivity index (χ0v) is 16.9. The van der Waals surface area contributed by atoms with Crippen LogP contribution in [0.1, 0.15) is 10.4 Å². The first kappa shape index (κ1) is 20.6. The van der Waals surface area contributed by atoms with Gasteiger partial charge in [0.05, 0.1) is 9.77 Å². The molecule has 0 aliphatic rings. The Bertz CT molecular complexity index is 1090. The number of carbonyl (C=O) groups is 1. The molecule has 0 atom stereocenters. The Hall–Kier alpha value is -3.08. The van der Waals surface area contributed by atoms with Gasteiger partial charge in [0, 0.05) is 18.7 Å². The van der Waals surface area contributed by atoms with E-state index in [4.69, 9.17) is 4.42 Å². The summed E-state index contributed by atoms with van der Waals surface area (Å²) in [4.78, 5) is 13.2. The lowest BCUT2D eigenvalue weighted by Gasteiger charge is -2.19. The van der Waals surface area contributed by atoms with Gasteiger partial charge in [-0.2, -0.15) is 4.31 Å². The van der Waals surface area contributed by atoms with Crippen LogP contribution in [0.15, 0.2) is 76.4 Å². The number of rotatable bonds is 9. The Kier molecular flexibility index (Phi) is 6.37. The second kappa shape index (κ2) is 8.95. The van der Waals surface area contributed by atoms with Gasteiger partial charge in [0.2, 0.25) is 10.0 Å². The molecule has 0 aliphatic carbocycles. The van der Waals surface area contributed by atoms with Gasteiger partial charge in [-0.1, -0.05) is 23.3 Å². The predicted octanol–water partition coefficient (Wildman–Crippen LogP) is 3.41. The Labute approximate surface area is 172 Å². The normalized spacial score (nSPS) is 11.3. The fourth-order valence-electron chi connectivity index (χ4n) is 2.43. The van der Waals surface area contributed by atoms with E-state index in [0.717, 1.165) is 4.88 Å². The van der Waals surface area contributed by atoms with Crippen molar-refractivity contribution in [1.82, 2.24) is 14.5 Å². The molecule has 150 valence electrons. The molecule has 0 saturated carbocycles. The van der Waals surface area contributed by atoms with Crippen LogP contribution in [0, 0.1) is 0 Å². The lowest BCUT2D eigenvalue weighted by Crippen LogP contribution is -2.31. The quantitative estimate of drug-likeness (QED) is 0.522. The summed E-state index contributed by atoms with van der Waals surface area (Å²) in [5.41, 5.74) is 0.249. The zero-order valence-electron chi connectivity index (χ0n) is 15.3. The summed E-state index contributed by atoms with van der Waals surface area (Å²) in [7, 11) is -3.73. The number of carbonyl (C=O) groups excluding carboxylic acids is 1. The molecule has 8 nitrogen and oxygen atoms in total. The Balaban J connectivity index is 1.73. The third-order valence-electron chi connectivity index (χ3n) is 3.80. The first-order chi connectivity index (χ1) is 14.0. The monoisotopic (exact) mass is 430 g/mol. The van der Waals surface area contributed by atoms with Gasteiger partial charge in [0.25, 0.3) is 11.8 Å². The second-order valence-electron chi connectivity index (χ2n) is 5.77. The van der Waals surface area contributed by atoms with E-state index >= 15 is 0 Å². The Morgan fingerprint density at radius 2 is 1.83 bits per heavy atom. The smallest absolute Gasteiger partial charge is 0.322 e. The van der Waals surface area contributed by atoms with Crippen molar-refractivity contribution < 1.29 is 17.6 Å². The molecule has 1 aromatic carbocycles. The van der Waals surface area contributed by atoms with Gasteiger partial charge in [-0.15, -0.1) is 29.6 Å². The van der Waals surface area contributed by atoms with Crippen molar-refractivity contribution in [1.29, 1.82) is 0 Å². The van der Waals surface area contributed by atoms with E-state index in [1.807, 2.05) is 17.5 Å². The molecule has 0 spiro atoms. The van der Waals surface area contributed by atoms with Crippen molar-refractivity contribution in [3.8, 4) is 10.8 Å². The minimum Gasteiger partial charge on any atom is -0.402 e. The molecule has 0 bridgehead atoms. The van der Waals surface area contributed by atoms with Crippen LogP contribution in [-0.2, 0) is 10.0 Å². The summed E-state index contributed by atoms with van der Waals surface area (Å²) in [5.74, 6) is -0.189. The topological polar surface area (TPSA) is 105 Å².